The molecule has 0 saturated heterocycles. The third-order valence-electron chi connectivity index (χ3n) is 6.95. The Kier molecular flexibility index (Phi) is 11.2. The van der Waals surface area contributed by atoms with Gasteiger partial charge in [-0.2, -0.15) is 0 Å². The van der Waals surface area contributed by atoms with Crippen LogP contribution in [0, 0.1) is 6.92 Å². The molecule has 0 aliphatic carbocycles. The SMILES string of the molecule is CC[C@H](C)NC(=O)[C@H](CC)N(Cc1ccc(OC)cc1)C(=O)CN(c1ccc(C)c(Cl)c1)S(=O)(=O)c1ccccc1. The number of amides is 2. The van der Waals surface area contributed by atoms with Crippen molar-refractivity contribution in [2.75, 3.05) is 18.0 Å². The molecule has 0 aliphatic heterocycles. The minimum Gasteiger partial charge on any atom is -0.497 e. The van der Waals surface area contributed by atoms with Gasteiger partial charge in [0.05, 0.1) is 17.7 Å². The molecule has 0 bridgehead atoms. The van der Waals surface area contributed by atoms with E-state index in [0.29, 0.717) is 17.2 Å². The lowest BCUT2D eigenvalue weighted by Gasteiger charge is -2.33. The topological polar surface area (TPSA) is 96.0 Å². The zero-order valence-corrected chi connectivity index (χ0v) is 25.7. The third kappa shape index (κ3) is 8.01. The number of anilines is 1. The number of benzene rings is 3. The minimum atomic E-state index is -4.16. The van der Waals surface area contributed by atoms with Gasteiger partial charge >= 0.3 is 0 Å². The average Bonchev–Trinajstić information content (AvgIpc) is 2.97. The second-order valence-electron chi connectivity index (χ2n) is 9.87. The molecule has 2 amide bonds. The van der Waals surface area contributed by atoms with Crippen LogP contribution in [0.1, 0.15) is 44.7 Å². The maximum absolute atomic E-state index is 14.1. The van der Waals surface area contributed by atoms with Crippen molar-refractivity contribution in [2.24, 2.45) is 0 Å². The van der Waals surface area contributed by atoms with Crippen molar-refractivity contribution in [3.63, 3.8) is 0 Å². The van der Waals surface area contributed by atoms with Gasteiger partial charge in [0, 0.05) is 17.6 Å². The number of hydrogen-bond donors (Lipinski definition) is 1. The highest BCUT2D eigenvalue weighted by atomic mass is 35.5. The number of sulfonamides is 1. The maximum Gasteiger partial charge on any atom is 0.264 e. The van der Waals surface area contributed by atoms with Crippen molar-refractivity contribution >= 4 is 39.1 Å². The van der Waals surface area contributed by atoms with Gasteiger partial charge in [-0.15, -0.1) is 0 Å². The van der Waals surface area contributed by atoms with Gasteiger partial charge in [-0.05, 0) is 74.2 Å². The molecule has 0 radical (unpaired) electrons. The Labute approximate surface area is 248 Å². The summed E-state index contributed by atoms with van der Waals surface area (Å²) in [5.41, 5.74) is 1.79. The van der Waals surface area contributed by atoms with Crippen LogP contribution in [0.2, 0.25) is 5.02 Å². The smallest absolute Gasteiger partial charge is 0.264 e. The van der Waals surface area contributed by atoms with E-state index in [1.807, 2.05) is 39.8 Å². The van der Waals surface area contributed by atoms with Crippen LogP contribution in [0.5, 0.6) is 5.75 Å². The first-order chi connectivity index (χ1) is 19.5. The summed E-state index contributed by atoms with van der Waals surface area (Å²) in [7, 11) is -2.59. The molecule has 0 fully saturated rings. The minimum absolute atomic E-state index is 0.0350. The van der Waals surface area contributed by atoms with Gasteiger partial charge < -0.3 is 15.0 Å². The zero-order valence-electron chi connectivity index (χ0n) is 24.1. The fourth-order valence-corrected chi connectivity index (χ4v) is 5.88. The fraction of sp³-hybridized carbons (Fsp3) is 0.355. The summed E-state index contributed by atoms with van der Waals surface area (Å²) in [4.78, 5) is 29.0. The van der Waals surface area contributed by atoms with E-state index < -0.39 is 28.5 Å². The van der Waals surface area contributed by atoms with Crippen LogP contribution >= 0.6 is 11.6 Å². The van der Waals surface area contributed by atoms with E-state index >= 15 is 0 Å². The quantitative estimate of drug-likeness (QED) is 0.277. The molecule has 0 saturated carbocycles. The van der Waals surface area contributed by atoms with Crippen molar-refractivity contribution in [1.29, 1.82) is 0 Å². The summed E-state index contributed by atoms with van der Waals surface area (Å²) in [6, 6.07) is 19.1. The van der Waals surface area contributed by atoms with E-state index in [1.54, 1.807) is 49.6 Å². The van der Waals surface area contributed by atoms with Crippen LogP contribution < -0.4 is 14.4 Å². The third-order valence-corrected chi connectivity index (χ3v) is 9.15. The molecule has 0 spiro atoms. The molecule has 3 aromatic carbocycles. The molecule has 41 heavy (non-hydrogen) atoms. The first kappa shape index (κ1) is 32.0. The number of aryl methyl sites for hydroxylation is 1. The Morgan fingerprint density at radius 3 is 2.20 bits per heavy atom. The van der Waals surface area contributed by atoms with Crippen LogP contribution in [0.15, 0.2) is 77.7 Å². The highest BCUT2D eigenvalue weighted by molar-refractivity contribution is 7.92. The fourth-order valence-electron chi connectivity index (χ4n) is 4.27. The highest BCUT2D eigenvalue weighted by Gasteiger charge is 2.34. The van der Waals surface area contributed by atoms with Gasteiger partial charge in [-0.25, -0.2) is 8.42 Å². The Balaban J connectivity index is 2.06. The molecule has 8 nitrogen and oxygen atoms in total. The Morgan fingerprint density at radius 1 is 0.976 bits per heavy atom. The molecule has 3 aromatic rings. The Hall–Kier alpha value is -3.56. The molecule has 2 atom stereocenters. The molecule has 0 heterocycles. The highest BCUT2D eigenvalue weighted by Crippen LogP contribution is 2.29. The van der Waals surface area contributed by atoms with Crippen LogP contribution in [-0.2, 0) is 26.2 Å². The normalized spacial score (nSPS) is 12.7. The van der Waals surface area contributed by atoms with Crippen LogP contribution in [0.25, 0.3) is 0 Å². The van der Waals surface area contributed by atoms with E-state index in [1.165, 1.54) is 23.1 Å². The molecule has 0 aromatic heterocycles. The number of carbonyl (C=O) groups is 2. The van der Waals surface area contributed by atoms with E-state index in [9.17, 15) is 18.0 Å². The van der Waals surface area contributed by atoms with Gasteiger partial charge in [0.2, 0.25) is 11.8 Å². The van der Waals surface area contributed by atoms with Crippen molar-refractivity contribution in [1.82, 2.24) is 10.2 Å². The van der Waals surface area contributed by atoms with Gasteiger partial charge in [-0.1, -0.05) is 61.8 Å². The van der Waals surface area contributed by atoms with E-state index in [0.717, 1.165) is 21.9 Å². The lowest BCUT2D eigenvalue weighted by atomic mass is 10.1. The number of nitrogens with one attached hydrogen (secondary N) is 1. The number of nitrogens with zero attached hydrogens (tertiary/aromatic N) is 2. The Morgan fingerprint density at radius 2 is 1.63 bits per heavy atom. The van der Waals surface area contributed by atoms with Crippen LogP contribution in [0.3, 0.4) is 0 Å². The summed E-state index contributed by atoms with van der Waals surface area (Å²) in [6.45, 7) is 7.07. The number of halogens is 1. The largest absolute Gasteiger partial charge is 0.497 e. The summed E-state index contributed by atoms with van der Waals surface area (Å²) in [5, 5.41) is 3.35. The van der Waals surface area contributed by atoms with Gasteiger partial charge in [-0.3, -0.25) is 13.9 Å². The van der Waals surface area contributed by atoms with E-state index in [-0.39, 0.29) is 29.1 Å². The molecular formula is C31H38ClN3O5S. The molecule has 10 heteroatoms. The van der Waals surface area contributed by atoms with Gasteiger partial charge in [0.25, 0.3) is 10.0 Å². The van der Waals surface area contributed by atoms with Gasteiger partial charge in [0.1, 0.15) is 18.3 Å². The lowest BCUT2D eigenvalue weighted by molar-refractivity contribution is -0.140. The monoisotopic (exact) mass is 599 g/mol. The summed E-state index contributed by atoms with van der Waals surface area (Å²) >= 11 is 6.38. The number of hydrogen-bond acceptors (Lipinski definition) is 5. The number of methoxy groups -OCH3 is 1. The molecular weight excluding hydrogens is 562 g/mol. The number of carbonyl (C=O) groups excluding carboxylic acids is 2. The molecule has 0 unspecified atom stereocenters. The first-order valence-electron chi connectivity index (χ1n) is 13.6. The second kappa shape index (κ2) is 14.4. The number of ether oxygens (including phenoxy) is 1. The van der Waals surface area contributed by atoms with E-state index in [2.05, 4.69) is 5.32 Å². The van der Waals surface area contributed by atoms with Crippen molar-refractivity contribution in [2.45, 2.75) is 64.1 Å². The van der Waals surface area contributed by atoms with E-state index in [4.69, 9.17) is 16.3 Å². The van der Waals surface area contributed by atoms with Crippen molar-refractivity contribution in [3.8, 4) is 5.75 Å². The lowest BCUT2D eigenvalue weighted by Crippen LogP contribution is -2.53. The Bertz CT molecular complexity index is 1430. The summed E-state index contributed by atoms with van der Waals surface area (Å²) in [5.74, 6) is -0.160. The standard InChI is InChI=1S/C31H38ClN3O5S/c1-6-23(4)33-31(37)29(7-2)34(20-24-14-17-26(40-5)18-15-24)30(36)21-35(25-16-13-22(3)28(32)19-25)41(38,39)27-11-9-8-10-12-27/h8-19,23,29H,6-7,20-21H2,1-5H3,(H,33,37)/t23-,29-/m0/s1. The maximum atomic E-state index is 14.1. The summed E-state index contributed by atoms with van der Waals surface area (Å²) < 4.78 is 34.1. The molecule has 1 N–H and O–H groups in total. The second-order valence-corrected chi connectivity index (χ2v) is 12.1. The van der Waals surface area contributed by atoms with Crippen molar-refractivity contribution < 1.29 is 22.7 Å². The summed E-state index contributed by atoms with van der Waals surface area (Å²) in [6.07, 6.45) is 1.07. The zero-order chi connectivity index (χ0) is 30.2. The van der Waals surface area contributed by atoms with Crippen LogP contribution in [0.4, 0.5) is 5.69 Å². The predicted molar refractivity (Wildman–Crippen MR) is 163 cm³/mol. The average molecular weight is 600 g/mol. The predicted octanol–water partition coefficient (Wildman–Crippen LogP) is 5.57. The first-order valence-corrected chi connectivity index (χ1v) is 15.4. The molecule has 0 aliphatic rings. The van der Waals surface area contributed by atoms with Gasteiger partial charge in [0.15, 0.2) is 0 Å². The number of rotatable bonds is 13. The molecule has 220 valence electrons. The van der Waals surface area contributed by atoms with Crippen molar-refractivity contribution in [3.05, 3.63) is 88.9 Å². The molecule has 3 rings (SSSR count). The van der Waals surface area contributed by atoms with Crippen LogP contribution in [-0.4, -0.2) is 50.9 Å².